The standard InChI is InChI=1S/C33H32Cl2FN3O6/c1-42-22-13-37(14-22)21-8-26(34)30(27(35)9-21)32(40)38-12-18-4-3-5-23(31(18)45-17-38)24-11-29(25(10-28(24)36)33(41)43-2)39-19-6-7-20(39)16-44-15-19/h3-5,8-11,19-20,22H,6-7,12-17H2,1-2H3. The maximum atomic E-state index is 15.8. The number of carbonyl (C=O) groups excluding carboxylic acids is 2. The van der Waals surface area contributed by atoms with Gasteiger partial charge in [0.25, 0.3) is 5.91 Å². The number of rotatable bonds is 6. The normalized spacial score (nSPS) is 20.9. The van der Waals surface area contributed by atoms with Crippen LogP contribution < -0.4 is 14.5 Å². The molecule has 0 N–H and O–H groups in total. The second-order valence-electron chi connectivity index (χ2n) is 11.8. The van der Waals surface area contributed by atoms with E-state index >= 15 is 4.39 Å². The van der Waals surface area contributed by atoms with Crippen molar-refractivity contribution in [3.63, 3.8) is 0 Å². The molecule has 4 heterocycles. The van der Waals surface area contributed by atoms with Gasteiger partial charge in [-0.15, -0.1) is 0 Å². The molecule has 12 heteroatoms. The predicted molar refractivity (Wildman–Crippen MR) is 168 cm³/mol. The van der Waals surface area contributed by atoms with Gasteiger partial charge in [0.2, 0.25) is 0 Å². The van der Waals surface area contributed by atoms with Crippen LogP contribution >= 0.6 is 23.2 Å². The van der Waals surface area contributed by atoms with Crippen molar-refractivity contribution in [2.24, 2.45) is 0 Å². The van der Waals surface area contributed by atoms with E-state index in [0.29, 0.717) is 41.3 Å². The molecule has 3 saturated heterocycles. The number of nitrogens with zero attached hydrogens (tertiary/aromatic N) is 3. The third kappa shape index (κ3) is 5.27. The van der Waals surface area contributed by atoms with Gasteiger partial charge in [0, 0.05) is 42.6 Å². The van der Waals surface area contributed by atoms with E-state index in [1.54, 1.807) is 37.4 Å². The number of anilines is 2. The lowest BCUT2D eigenvalue weighted by atomic mass is 9.96. The highest BCUT2D eigenvalue weighted by molar-refractivity contribution is 6.40. The Balaban J connectivity index is 1.18. The van der Waals surface area contributed by atoms with E-state index in [0.717, 1.165) is 31.6 Å². The Morgan fingerprint density at radius 3 is 2.36 bits per heavy atom. The molecule has 9 nitrogen and oxygen atoms in total. The number of ether oxygens (including phenoxy) is 4. The van der Waals surface area contributed by atoms with E-state index in [4.69, 9.17) is 42.1 Å². The molecule has 1 amide bonds. The highest BCUT2D eigenvalue weighted by Gasteiger charge is 2.40. The number of halogens is 3. The summed E-state index contributed by atoms with van der Waals surface area (Å²) in [6.07, 6.45) is 2.00. The van der Waals surface area contributed by atoms with Crippen LogP contribution in [0, 0.1) is 5.82 Å². The van der Waals surface area contributed by atoms with Crippen molar-refractivity contribution >= 4 is 46.5 Å². The fraction of sp³-hybridized carbons (Fsp3) is 0.394. The molecule has 3 aromatic rings. The van der Waals surface area contributed by atoms with Gasteiger partial charge in [0.15, 0.2) is 6.73 Å². The molecule has 2 atom stereocenters. The van der Waals surface area contributed by atoms with Crippen LogP contribution in [0.3, 0.4) is 0 Å². The Morgan fingerprint density at radius 1 is 0.978 bits per heavy atom. The maximum Gasteiger partial charge on any atom is 0.340 e. The van der Waals surface area contributed by atoms with E-state index in [2.05, 4.69) is 9.80 Å². The molecule has 0 saturated carbocycles. The molecule has 2 bridgehead atoms. The Morgan fingerprint density at radius 2 is 1.69 bits per heavy atom. The van der Waals surface area contributed by atoms with Crippen molar-refractivity contribution < 1.29 is 32.9 Å². The molecule has 0 aromatic heterocycles. The number of morpholine rings is 1. The highest BCUT2D eigenvalue weighted by Crippen LogP contribution is 2.43. The van der Waals surface area contributed by atoms with Crippen LogP contribution in [0.1, 0.15) is 39.1 Å². The molecule has 3 fully saturated rings. The molecule has 0 radical (unpaired) electrons. The fourth-order valence-electron chi connectivity index (χ4n) is 6.80. The van der Waals surface area contributed by atoms with E-state index in [1.807, 2.05) is 6.07 Å². The molecule has 7 rings (SSSR count). The van der Waals surface area contributed by atoms with Crippen molar-refractivity contribution in [1.29, 1.82) is 0 Å². The van der Waals surface area contributed by atoms with Crippen LogP contribution in [0.2, 0.25) is 10.0 Å². The lowest BCUT2D eigenvalue weighted by Crippen LogP contribution is -2.51. The summed E-state index contributed by atoms with van der Waals surface area (Å²) in [6.45, 7) is 2.65. The number of hydrogen-bond acceptors (Lipinski definition) is 8. The van der Waals surface area contributed by atoms with Crippen molar-refractivity contribution in [2.45, 2.75) is 37.6 Å². The monoisotopic (exact) mass is 655 g/mol. The SMILES string of the molecule is COC(=O)c1cc(F)c(-c2cccc3c2OCN(C(=O)c2c(Cl)cc(N4CC(OC)C4)cc2Cl)C3)cc1N1C2CCC1COC2. The zero-order valence-corrected chi connectivity index (χ0v) is 26.4. The summed E-state index contributed by atoms with van der Waals surface area (Å²) in [6, 6.07) is 12.0. The molecular formula is C33H32Cl2FN3O6. The van der Waals surface area contributed by atoms with Gasteiger partial charge in [-0.2, -0.15) is 0 Å². The minimum atomic E-state index is -0.601. The van der Waals surface area contributed by atoms with Gasteiger partial charge >= 0.3 is 5.97 Å². The largest absolute Gasteiger partial charge is 0.472 e. The Labute approximate surface area is 270 Å². The van der Waals surface area contributed by atoms with E-state index in [1.165, 1.54) is 18.1 Å². The molecule has 0 aliphatic carbocycles. The van der Waals surface area contributed by atoms with Crippen LogP contribution in [0.5, 0.6) is 5.75 Å². The van der Waals surface area contributed by atoms with Gasteiger partial charge in [-0.1, -0.05) is 41.4 Å². The first-order valence-electron chi connectivity index (χ1n) is 14.9. The minimum Gasteiger partial charge on any atom is -0.472 e. The number of para-hydroxylation sites is 1. The third-order valence-electron chi connectivity index (χ3n) is 9.20. The van der Waals surface area contributed by atoms with Gasteiger partial charge in [0.1, 0.15) is 11.6 Å². The van der Waals surface area contributed by atoms with Crippen LogP contribution in [-0.4, -0.2) is 82.2 Å². The molecule has 4 aliphatic rings. The van der Waals surface area contributed by atoms with E-state index < -0.39 is 11.8 Å². The van der Waals surface area contributed by atoms with E-state index in [9.17, 15) is 9.59 Å². The quantitative estimate of drug-likeness (QED) is 0.309. The van der Waals surface area contributed by atoms with Crippen LogP contribution in [-0.2, 0) is 20.8 Å². The van der Waals surface area contributed by atoms with Crippen LogP contribution in [0.25, 0.3) is 11.1 Å². The number of benzene rings is 3. The Kier molecular flexibility index (Phi) is 8.02. The van der Waals surface area contributed by atoms with Gasteiger partial charge in [-0.05, 0) is 37.1 Å². The molecule has 2 unspecified atom stereocenters. The number of methoxy groups -OCH3 is 2. The number of amides is 1. The van der Waals surface area contributed by atoms with E-state index in [-0.39, 0.29) is 58.5 Å². The summed E-state index contributed by atoms with van der Waals surface area (Å²) < 4.78 is 38.1. The van der Waals surface area contributed by atoms with Crippen molar-refractivity contribution in [2.75, 3.05) is 57.1 Å². The first-order valence-corrected chi connectivity index (χ1v) is 15.6. The van der Waals surface area contributed by atoms with Gasteiger partial charge in [-0.3, -0.25) is 4.79 Å². The number of esters is 1. The lowest BCUT2D eigenvalue weighted by Gasteiger charge is -2.40. The summed E-state index contributed by atoms with van der Waals surface area (Å²) in [4.78, 5) is 32.2. The highest BCUT2D eigenvalue weighted by atomic mass is 35.5. The van der Waals surface area contributed by atoms with Crippen molar-refractivity contribution in [3.05, 3.63) is 75.0 Å². The zero-order chi connectivity index (χ0) is 31.4. The second kappa shape index (κ2) is 12.0. The average molecular weight is 657 g/mol. The van der Waals surface area contributed by atoms with Crippen LogP contribution in [0.15, 0.2) is 42.5 Å². The second-order valence-corrected chi connectivity index (χ2v) is 12.6. The molecule has 236 valence electrons. The molecule has 0 spiro atoms. The predicted octanol–water partition coefficient (Wildman–Crippen LogP) is 5.78. The number of hydrogen-bond donors (Lipinski definition) is 0. The average Bonchev–Trinajstić information content (AvgIpc) is 3.25. The molecule has 3 aromatic carbocycles. The van der Waals surface area contributed by atoms with Crippen molar-refractivity contribution in [1.82, 2.24) is 4.90 Å². The van der Waals surface area contributed by atoms with Crippen molar-refractivity contribution in [3.8, 4) is 16.9 Å². The zero-order valence-electron chi connectivity index (χ0n) is 24.9. The van der Waals surface area contributed by atoms with Gasteiger partial charge < -0.3 is 33.6 Å². The summed E-state index contributed by atoms with van der Waals surface area (Å²) in [5.41, 5.74) is 3.33. The van der Waals surface area contributed by atoms with Gasteiger partial charge in [0.05, 0.1) is 71.9 Å². The smallest absolute Gasteiger partial charge is 0.340 e. The summed E-state index contributed by atoms with van der Waals surface area (Å²) >= 11 is 13.2. The Hall–Kier alpha value is -3.57. The summed E-state index contributed by atoms with van der Waals surface area (Å²) in [5.74, 6) is -1.07. The maximum absolute atomic E-state index is 15.8. The first kappa shape index (κ1) is 30.1. The summed E-state index contributed by atoms with van der Waals surface area (Å²) in [7, 11) is 2.97. The minimum absolute atomic E-state index is 0.0821. The lowest BCUT2D eigenvalue weighted by molar-refractivity contribution is 0.0515. The van der Waals surface area contributed by atoms with Gasteiger partial charge in [-0.25, -0.2) is 9.18 Å². The number of fused-ring (bicyclic) bond motifs is 3. The fourth-order valence-corrected chi connectivity index (χ4v) is 7.43. The summed E-state index contributed by atoms with van der Waals surface area (Å²) in [5, 5.41) is 0.501. The number of carbonyl (C=O) groups is 2. The molecule has 45 heavy (non-hydrogen) atoms. The Bertz CT molecular complexity index is 1640. The topological polar surface area (TPSA) is 80.8 Å². The third-order valence-corrected chi connectivity index (χ3v) is 9.79. The van der Waals surface area contributed by atoms with Crippen LogP contribution in [0.4, 0.5) is 15.8 Å². The molecular weight excluding hydrogens is 624 g/mol. The first-order chi connectivity index (χ1) is 21.8. The molecule has 4 aliphatic heterocycles.